The van der Waals surface area contributed by atoms with Gasteiger partial charge in [-0.2, -0.15) is 0 Å². The van der Waals surface area contributed by atoms with Gasteiger partial charge in [-0.3, -0.25) is 4.79 Å². The molecule has 6 nitrogen and oxygen atoms in total. The number of hydrogen-bond acceptors (Lipinski definition) is 4. The van der Waals surface area contributed by atoms with Crippen LogP contribution >= 0.6 is 11.6 Å². The van der Waals surface area contributed by atoms with Crippen molar-refractivity contribution in [2.75, 3.05) is 19.1 Å². The van der Waals surface area contributed by atoms with Crippen molar-refractivity contribution in [3.63, 3.8) is 0 Å². The molecule has 0 bridgehead atoms. The number of ether oxygens (including phenoxy) is 2. The number of rotatable bonds is 4. The molecule has 2 rings (SSSR count). The van der Waals surface area contributed by atoms with Gasteiger partial charge in [-0.25, -0.2) is 4.79 Å². The number of ketones is 1. The lowest BCUT2D eigenvalue weighted by Gasteiger charge is -2.19. The van der Waals surface area contributed by atoms with E-state index in [1.165, 1.54) is 0 Å². The maximum atomic E-state index is 11.9. The molecule has 108 valence electrons. The van der Waals surface area contributed by atoms with Crippen LogP contribution in [0.15, 0.2) is 18.2 Å². The van der Waals surface area contributed by atoms with Gasteiger partial charge in [0.05, 0.1) is 19.1 Å². The summed E-state index contributed by atoms with van der Waals surface area (Å²) in [6.45, 7) is 0.954. The molecule has 0 saturated heterocycles. The molecule has 0 radical (unpaired) electrons. The number of amides is 1. The number of hydrogen-bond donors (Lipinski definition) is 2. The Morgan fingerprint density at radius 1 is 1.35 bits per heavy atom. The van der Waals surface area contributed by atoms with Gasteiger partial charge < -0.3 is 19.9 Å². The Kier molecular flexibility index (Phi) is 4.68. The van der Waals surface area contributed by atoms with Crippen LogP contribution in [0.4, 0.5) is 4.79 Å². The SMILES string of the molecule is O=C(O)NC(C(=O)CCl)c1cccc2c1OCCCO2. The molecule has 0 saturated carbocycles. The van der Waals surface area contributed by atoms with E-state index in [4.69, 9.17) is 26.2 Å². The predicted molar refractivity (Wildman–Crippen MR) is 71.7 cm³/mol. The summed E-state index contributed by atoms with van der Waals surface area (Å²) in [5.41, 5.74) is 0.414. The number of Topliss-reactive ketones (excluding diaryl/α,β-unsaturated/α-hetero) is 1. The Morgan fingerprint density at radius 3 is 2.80 bits per heavy atom. The van der Waals surface area contributed by atoms with E-state index in [1.807, 2.05) is 0 Å². The zero-order valence-electron chi connectivity index (χ0n) is 10.6. The lowest BCUT2D eigenvalue weighted by molar-refractivity contribution is -0.118. The van der Waals surface area contributed by atoms with Crippen molar-refractivity contribution in [2.45, 2.75) is 12.5 Å². The summed E-state index contributed by atoms with van der Waals surface area (Å²) in [5.74, 6) is 0.146. The quantitative estimate of drug-likeness (QED) is 0.830. The van der Waals surface area contributed by atoms with E-state index in [-0.39, 0.29) is 5.88 Å². The Morgan fingerprint density at radius 2 is 2.10 bits per heavy atom. The molecule has 1 aliphatic rings. The summed E-state index contributed by atoms with van der Waals surface area (Å²) in [4.78, 5) is 22.7. The van der Waals surface area contributed by atoms with Crippen LogP contribution in [0.5, 0.6) is 11.5 Å². The number of halogens is 1. The molecular formula is C13H14ClNO5. The van der Waals surface area contributed by atoms with Gasteiger partial charge in [0.25, 0.3) is 0 Å². The summed E-state index contributed by atoms with van der Waals surface area (Å²) in [6, 6.07) is 3.95. The highest BCUT2D eigenvalue weighted by Gasteiger charge is 2.27. The lowest BCUT2D eigenvalue weighted by atomic mass is 10.0. The molecule has 0 aromatic heterocycles. The molecule has 1 aliphatic heterocycles. The van der Waals surface area contributed by atoms with Crippen molar-refractivity contribution in [2.24, 2.45) is 0 Å². The fourth-order valence-electron chi connectivity index (χ4n) is 1.98. The third-order valence-electron chi connectivity index (χ3n) is 2.83. The van der Waals surface area contributed by atoms with Crippen LogP contribution in [0.25, 0.3) is 0 Å². The molecule has 1 heterocycles. The average molecular weight is 300 g/mol. The predicted octanol–water partition coefficient (Wildman–Crippen LogP) is 1.96. The van der Waals surface area contributed by atoms with E-state index in [0.29, 0.717) is 36.7 Å². The highest BCUT2D eigenvalue weighted by Crippen LogP contribution is 2.37. The molecule has 1 unspecified atom stereocenters. The van der Waals surface area contributed by atoms with Crippen molar-refractivity contribution in [3.05, 3.63) is 23.8 Å². The van der Waals surface area contributed by atoms with Gasteiger partial charge >= 0.3 is 6.09 Å². The van der Waals surface area contributed by atoms with E-state index >= 15 is 0 Å². The maximum Gasteiger partial charge on any atom is 0.405 e. The maximum absolute atomic E-state index is 11.9. The van der Waals surface area contributed by atoms with Crippen LogP contribution in [-0.4, -0.2) is 36.1 Å². The van der Waals surface area contributed by atoms with E-state index in [9.17, 15) is 9.59 Å². The summed E-state index contributed by atoms with van der Waals surface area (Å²) in [6.07, 6.45) is -0.588. The van der Waals surface area contributed by atoms with Crippen LogP contribution < -0.4 is 14.8 Å². The molecule has 1 amide bonds. The number of alkyl halides is 1. The van der Waals surface area contributed by atoms with Crippen LogP contribution in [0.1, 0.15) is 18.0 Å². The number of benzene rings is 1. The monoisotopic (exact) mass is 299 g/mol. The van der Waals surface area contributed by atoms with Gasteiger partial charge in [0.2, 0.25) is 0 Å². The summed E-state index contributed by atoms with van der Waals surface area (Å²) in [5, 5.41) is 11.0. The standard InChI is InChI=1S/C13H14ClNO5/c14-7-9(16)11(15-13(17)18)8-3-1-4-10-12(8)20-6-2-5-19-10/h1,3-4,11,15H,2,5-7H2,(H,17,18). The summed E-state index contributed by atoms with van der Waals surface area (Å²) >= 11 is 5.54. The smallest absolute Gasteiger partial charge is 0.405 e. The fourth-order valence-corrected chi connectivity index (χ4v) is 2.13. The molecule has 0 aliphatic carbocycles. The Hall–Kier alpha value is -1.95. The highest BCUT2D eigenvalue weighted by molar-refractivity contribution is 6.28. The fraction of sp³-hybridized carbons (Fsp3) is 0.385. The van der Waals surface area contributed by atoms with Crippen LogP contribution in [-0.2, 0) is 4.79 Å². The first-order valence-electron chi connectivity index (χ1n) is 6.10. The van der Waals surface area contributed by atoms with Crippen LogP contribution in [0.2, 0.25) is 0 Å². The van der Waals surface area contributed by atoms with E-state index in [0.717, 1.165) is 0 Å². The van der Waals surface area contributed by atoms with Gasteiger partial charge in [0.15, 0.2) is 17.3 Å². The molecule has 1 aromatic carbocycles. The molecule has 7 heteroatoms. The minimum atomic E-state index is -1.30. The first-order chi connectivity index (χ1) is 9.63. The summed E-state index contributed by atoms with van der Waals surface area (Å²) in [7, 11) is 0. The molecule has 0 spiro atoms. The zero-order valence-corrected chi connectivity index (χ0v) is 11.4. The van der Waals surface area contributed by atoms with Crippen molar-refractivity contribution in [1.29, 1.82) is 0 Å². The van der Waals surface area contributed by atoms with Gasteiger partial charge in [-0.05, 0) is 6.07 Å². The first-order valence-corrected chi connectivity index (χ1v) is 6.63. The number of carbonyl (C=O) groups excluding carboxylic acids is 1. The number of para-hydroxylation sites is 1. The number of carboxylic acid groups (broad SMARTS) is 1. The average Bonchev–Trinajstić information content (AvgIpc) is 2.68. The van der Waals surface area contributed by atoms with Crippen molar-refractivity contribution < 1.29 is 24.2 Å². The lowest BCUT2D eigenvalue weighted by Crippen LogP contribution is -2.33. The normalized spacial score (nSPS) is 15.1. The van der Waals surface area contributed by atoms with E-state index in [1.54, 1.807) is 18.2 Å². The molecule has 2 N–H and O–H groups in total. The Balaban J connectivity index is 2.42. The molecule has 20 heavy (non-hydrogen) atoms. The molecule has 1 atom stereocenters. The highest BCUT2D eigenvalue weighted by atomic mass is 35.5. The van der Waals surface area contributed by atoms with Crippen molar-refractivity contribution >= 4 is 23.5 Å². The second kappa shape index (κ2) is 6.47. The van der Waals surface area contributed by atoms with Crippen LogP contribution in [0.3, 0.4) is 0 Å². The Bertz CT molecular complexity index is 519. The molecule has 1 aromatic rings. The van der Waals surface area contributed by atoms with E-state index in [2.05, 4.69) is 5.32 Å². The first kappa shape index (κ1) is 14.5. The van der Waals surface area contributed by atoms with Crippen molar-refractivity contribution in [1.82, 2.24) is 5.32 Å². The largest absolute Gasteiger partial charge is 0.490 e. The van der Waals surface area contributed by atoms with Crippen LogP contribution in [0, 0.1) is 0 Å². The Labute approximate surface area is 120 Å². The third-order valence-corrected chi connectivity index (χ3v) is 3.10. The van der Waals surface area contributed by atoms with Gasteiger partial charge in [0.1, 0.15) is 6.04 Å². The van der Waals surface area contributed by atoms with Gasteiger partial charge in [0, 0.05) is 12.0 Å². The van der Waals surface area contributed by atoms with Gasteiger partial charge in [-0.15, -0.1) is 11.6 Å². The minimum absolute atomic E-state index is 0.296. The zero-order chi connectivity index (χ0) is 14.5. The number of nitrogens with one attached hydrogen (secondary N) is 1. The second-order valence-corrected chi connectivity index (χ2v) is 4.47. The summed E-state index contributed by atoms with van der Waals surface area (Å²) < 4.78 is 11.1. The van der Waals surface area contributed by atoms with E-state index < -0.39 is 17.9 Å². The number of fused-ring (bicyclic) bond motifs is 1. The van der Waals surface area contributed by atoms with Gasteiger partial charge in [-0.1, -0.05) is 12.1 Å². The third kappa shape index (κ3) is 3.14. The molecular weight excluding hydrogens is 286 g/mol. The second-order valence-electron chi connectivity index (χ2n) is 4.21. The number of carbonyl (C=O) groups is 2. The van der Waals surface area contributed by atoms with Crippen molar-refractivity contribution in [3.8, 4) is 11.5 Å². The topological polar surface area (TPSA) is 84.9 Å². The molecule has 0 fully saturated rings. The minimum Gasteiger partial charge on any atom is -0.490 e.